The second kappa shape index (κ2) is 4.08. The van der Waals surface area contributed by atoms with Crippen LogP contribution in [0.4, 0.5) is 15.8 Å². The number of hydrogen-bond acceptors (Lipinski definition) is 3. The molecule has 0 saturated heterocycles. The first-order chi connectivity index (χ1) is 8.02. The Labute approximate surface area is 98.1 Å². The molecule has 3 N–H and O–H groups in total. The molecule has 1 aliphatic heterocycles. The molecule has 1 aromatic rings. The van der Waals surface area contributed by atoms with Crippen molar-refractivity contribution in [2.75, 3.05) is 17.2 Å². The number of nitrogens with two attached hydrogens (primary N) is 1. The Morgan fingerprint density at radius 1 is 1.59 bits per heavy atom. The van der Waals surface area contributed by atoms with Crippen LogP contribution in [0.15, 0.2) is 23.9 Å². The molecule has 2 rings (SSSR count). The largest absolute Gasteiger partial charge is 0.478 e. The predicted octanol–water partition coefficient (Wildman–Crippen LogP) is 1.76. The molecule has 0 saturated carbocycles. The molecule has 1 aliphatic rings. The fourth-order valence-corrected chi connectivity index (χ4v) is 1.93. The van der Waals surface area contributed by atoms with Gasteiger partial charge in [-0.3, -0.25) is 0 Å². The van der Waals surface area contributed by atoms with Gasteiger partial charge >= 0.3 is 5.97 Å². The maximum absolute atomic E-state index is 13.4. The van der Waals surface area contributed by atoms with Crippen LogP contribution in [-0.4, -0.2) is 17.6 Å². The van der Waals surface area contributed by atoms with Gasteiger partial charge < -0.3 is 15.7 Å². The van der Waals surface area contributed by atoms with Gasteiger partial charge in [0, 0.05) is 24.9 Å². The number of nitrogens with zero attached hydrogens (tertiary/aromatic N) is 1. The number of benzene rings is 1. The molecule has 0 unspecified atom stereocenters. The van der Waals surface area contributed by atoms with Gasteiger partial charge in [-0.2, -0.15) is 0 Å². The number of hydrogen-bond donors (Lipinski definition) is 2. The fraction of sp³-hybridized carbons (Fsp3) is 0.250. The third-order valence-electron chi connectivity index (χ3n) is 2.82. The summed E-state index contributed by atoms with van der Waals surface area (Å²) in [5.74, 6) is -1.49. The summed E-state index contributed by atoms with van der Waals surface area (Å²) in [6.45, 7) is 2.50. The van der Waals surface area contributed by atoms with E-state index >= 15 is 0 Å². The molecule has 5 heteroatoms. The molecule has 1 aromatic carbocycles. The number of carboxylic acids is 1. The van der Waals surface area contributed by atoms with Crippen LogP contribution < -0.4 is 10.6 Å². The van der Waals surface area contributed by atoms with Crippen LogP contribution in [0.25, 0.3) is 0 Å². The zero-order chi connectivity index (χ0) is 12.6. The van der Waals surface area contributed by atoms with Crippen molar-refractivity contribution in [1.82, 2.24) is 0 Å². The molecule has 0 amide bonds. The molecule has 4 nitrogen and oxygen atoms in total. The van der Waals surface area contributed by atoms with Gasteiger partial charge in [0.1, 0.15) is 5.82 Å². The lowest BCUT2D eigenvalue weighted by Gasteiger charge is -2.27. The number of nitrogen functional groups attached to an aromatic ring is 1. The van der Waals surface area contributed by atoms with Crippen LogP contribution >= 0.6 is 0 Å². The first-order valence-corrected chi connectivity index (χ1v) is 5.31. The summed E-state index contributed by atoms with van der Waals surface area (Å²) in [5.41, 5.74) is 7.27. The van der Waals surface area contributed by atoms with Crippen molar-refractivity contribution in [3.05, 3.63) is 35.3 Å². The number of carbonyl (C=O) groups is 1. The van der Waals surface area contributed by atoms with E-state index in [1.165, 1.54) is 6.07 Å². The van der Waals surface area contributed by atoms with Crippen molar-refractivity contribution in [3.63, 3.8) is 0 Å². The quantitative estimate of drug-likeness (QED) is 0.768. The Balaban J connectivity index is 2.51. The van der Waals surface area contributed by atoms with Crippen LogP contribution in [-0.2, 0) is 11.2 Å². The number of aliphatic carboxylic acids is 1. The molecule has 0 spiro atoms. The summed E-state index contributed by atoms with van der Waals surface area (Å²) in [6.07, 6.45) is 1.79. The van der Waals surface area contributed by atoms with Gasteiger partial charge in [0.05, 0.1) is 11.3 Å². The fourth-order valence-electron chi connectivity index (χ4n) is 1.93. The summed E-state index contributed by atoms with van der Waals surface area (Å²) < 4.78 is 13.4. The van der Waals surface area contributed by atoms with E-state index in [9.17, 15) is 9.18 Å². The molecule has 1 heterocycles. The number of halogens is 1. The molecule has 0 aliphatic carbocycles. The van der Waals surface area contributed by atoms with E-state index in [-0.39, 0.29) is 17.7 Å². The lowest BCUT2D eigenvalue weighted by atomic mass is 9.99. The predicted molar refractivity (Wildman–Crippen MR) is 63.3 cm³/mol. The molecule has 0 bridgehead atoms. The van der Waals surface area contributed by atoms with Crippen molar-refractivity contribution < 1.29 is 14.3 Å². The third kappa shape index (κ3) is 1.95. The van der Waals surface area contributed by atoms with E-state index in [4.69, 9.17) is 10.8 Å². The average molecular weight is 236 g/mol. The molecule has 0 fully saturated rings. The highest BCUT2D eigenvalue weighted by molar-refractivity contribution is 5.89. The summed E-state index contributed by atoms with van der Waals surface area (Å²) in [5, 5.41) is 8.99. The van der Waals surface area contributed by atoms with Crippen LogP contribution in [0.2, 0.25) is 0 Å². The van der Waals surface area contributed by atoms with Crippen LogP contribution in [0.5, 0.6) is 0 Å². The topological polar surface area (TPSA) is 66.6 Å². The van der Waals surface area contributed by atoms with E-state index in [0.29, 0.717) is 12.1 Å². The lowest BCUT2D eigenvalue weighted by molar-refractivity contribution is -0.132. The van der Waals surface area contributed by atoms with E-state index in [1.54, 1.807) is 17.2 Å². The van der Waals surface area contributed by atoms with E-state index in [2.05, 4.69) is 0 Å². The Morgan fingerprint density at radius 2 is 2.29 bits per heavy atom. The van der Waals surface area contributed by atoms with E-state index in [0.717, 1.165) is 5.69 Å². The molecule has 0 atom stereocenters. The summed E-state index contributed by atoms with van der Waals surface area (Å²) in [4.78, 5) is 12.7. The highest BCUT2D eigenvalue weighted by Gasteiger charge is 2.21. The Hall–Kier alpha value is -2.04. The number of fused-ring (bicyclic) bond motifs is 1. The van der Waals surface area contributed by atoms with E-state index < -0.39 is 11.8 Å². The molecule has 90 valence electrons. The molecular formula is C12H13FN2O2. The van der Waals surface area contributed by atoms with Crippen LogP contribution in [0, 0.1) is 5.82 Å². The van der Waals surface area contributed by atoms with Crippen molar-refractivity contribution in [2.45, 2.75) is 13.3 Å². The van der Waals surface area contributed by atoms with Crippen molar-refractivity contribution >= 4 is 17.3 Å². The smallest absolute Gasteiger partial charge is 0.333 e. The van der Waals surface area contributed by atoms with Crippen LogP contribution in [0.1, 0.15) is 12.5 Å². The number of carboxylic acid groups (broad SMARTS) is 1. The SMILES string of the molecule is CCN1C=C(C(=O)O)Cc2cc(F)c(N)cc21. The monoisotopic (exact) mass is 236 g/mol. The average Bonchev–Trinajstić information content (AvgIpc) is 2.29. The molecule has 0 aromatic heterocycles. The zero-order valence-electron chi connectivity index (χ0n) is 9.40. The normalized spacial score (nSPS) is 14.2. The molecule has 0 radical (unpaired) electrons. The zero-order valence-corrected chi connectivity index (χ0v) is 9.40. The minimum atomic E-state index is -0.980. The highest BCUT2D eigenvalue weighted by atomic mass is 19.1. The maximum Gasteiger partial charge on any atom is 0.333 e. The Bertz CT molecular complexity index is 511. The highest BCUT2D eigenvalue weighted by Crippen LogP contribution is 2.32. The second-order valence-electron chi connectivity index (χ2n) is 3.92. The summed E-state index contributed by atoms with van der Waals surface area (Å²) >= 11 is 0. The molecular weight excluding hydrogens is 223 g/mol. The van der Waals surface area contributed by atoms with Gasteiger partial charge in [-0.15, -0.1) is 0 Å². The third-order valence-corrected chi connectivity index (χ3v) is 2.82. The van der Waals surface area contributed by atoms with Gasteiger partial charge in [0.2, 0.25) is 0 Å². The van der Waals surface area contributed by atoms with Gasteiger partial charge in [0.15, 0.2) is 0 Å². The van der Waals surface area contributed by atoms with Crippen molar-refractivity contribution in [1.29, 1.82) is 0 Å². The summed E-state index contributed by atoms with van der Waals surface area (Å²) in [6, 6.07) is 2.85. The first-order valence-electron chi connectivity index (χ1n) is 5.31. The Morgan fingerprint density at radius 3 is 2.88 bits per heavy atom. The Kier molecular flexibility index (Phi) is 2.75. The number of rotatable bonds is 2. The van der Waals surface area contributed by atoms with Crippen LogP contribution in [0.3, 0.4) is 0 Å². The molecule has 17 heavy (non-hydrogen) atoms. The second-order valence-corrected chi connectivity index (χ2v) is 3.92. The van der Waals surface area contributed by atoms with Gasteiger partial charge in [-0.1, -0.05) is 0 Å². The standard InChI is InChI=1S/C12H13FN2O2/c1-2-15-6-8(12(16)17)3-7-4-9(13)10(14)5-11(7)15/h4-6H,2-3,14H2,1H3,(H,16,17). The van der Waals surface area contributed by atoms with Gasteiger partial charge in [-0.05, 0) is 24.6 Å². The minimum absolute atomic E-state index is 0.0781. The van der Waals surface area contributed by atoms with Gasteiger partial charge in [-0.25, -0.2) is 9.18 Å². The van der Waals surface area contributed by atoms with E-state index in [1.807, 2.05) is 6.92 Å². The number of anilines is 2. The summed E-state index contributed by atoms with van der Waals surface area (Å²) in [7, 11) is 0. The first kappa shape index (κ1) is 11.4. The van der Waals surface area contributed by atoms with Crippen molar-refractivity contribution in [2.24, 2.45) is 0 Å². The maximum atomic E-state index is 13.4. The van der Waals surface area contributed by atoms with Crippen molar-refractivity contribution in [3.8, 4) is 0 Å². The van der Waals surface area contributed by atoms with Gasteiger partial charge in [0.25, 0.3) is 0 Å². The lowest BCUT2D eigenvalue weighted by Crippen LogP contribution is -2.24. The minimum Gasteiger partial charge on any atom is -0.478 e.